The molecule has 4 N–H and O–H groups in total. The van der Waals surface area contributed by atoms with E-state index in [-0.39, 0.29) is 22.6 Å². The number of hydrogen-bond donors (Lipinski definition) is 4. The van der Waals surface area contributed by atoms with Gasteiger partial charge in [-0.2, -0.15) is 0 Å². The molecule has 0 aromatic heterocycles. The standard InChI is InChI=1S/C28H16O12/c29-23(30)19-7-3-14(11-21(19)25(33)34)27(37)39-17-5-1-13-2-6-18(10-16(13)9-17)40-28(38)15-4-8-20(24(31)32)22(12-15)26(35)36/h1-12H,(H,29,30)(H,31,32)(H,33,34)(H,35,36). The molecule has 0 saturated carbocycles. The predicted octanol–water partition coefficient (Wildman–Crippen LogP) is 4.07. The molecule has 4 aromatic carbocycles. The van der Waals surface area contributed by atoms with Gasteiger partial charge in [-0.15, -0.1) is 0 Å². The zero-order valence-corrected chi connectivity index (χ0v) is 20.0. The van der Waals surface area contributed by atoms with Gasteiger partial charge < -0.3 is 29.9 Å². The Morgan fingerprint density at radius 3 is 1.15 bits per heavy atom. The van der Waals surface area contributed by atoms with Gasteiger partial charge in [-0.3, -0.25) is 0 Å². The van der Waals surface area contributed by atoms with Crippen LogP contribution in [0.4, 0.5) is 0 Å². The van der Waals surface area contributed by atoms with Gasteiger partial charge in [0.05, 0.1) is 33.4 Å². The number of carboxylic acid groups (broad SMARTS) is 4. The number of carbonyl (C=O) groups excluding carboxylic acids is 2. The van der Waals surface area contributed by atoms with Gasteiger partial charge in [0.25, 0.3) is 0 Å². The van der Waals surface area contributed by atoms with E-state index in [2.05, 4.69) is 0 Å². The molecule has 4 rings (SSSR count). The van der Waals surface area contributed by atoms with Crippen molar-refractivity contribution in [2.45, 2.75) is 0 Å². The molecular formula is C28H16O12. The summed E-state index contributed by atoms with van der Waals surface area (Å²) in [6.45, 7) is 0. The molecule has 0 aliphatic carbocycles. The number of carbonyl (C=O) groups is 6. The highest BCUT2D eigenvalue weighted by Crippen LogP contribution is 2.27. The van der Waals surface area contributed by atoms with E-state index in [0.717, 1.165) is 36.4 Å². The van der Waals surface area contributed by atoms with Crippen molar-refractivity contribution in [3.05, 3.63) is 106 Å². The number of benzene rings is 4. The third-order valence-electron chi connectivity index (χ3n) is 5.64. The minimum absolute atomic E-state index is 0.0514. The normalized spacial score (nSPS) is 10.5. The number of carboxylic acids is 4. The maximum atomic E-state index is 12.6. The fraction of sp³-hybridized carbons (Fsp3) is 0. The second-order valence-electron chi connectivity index (χ2n) is 8.19. The van der Waals surface area contributed by atoms with Crippen LogP contribution < -0.4 is 9.47 Å². The molecule has 12 nitrogen and oxygen atoms in total. The summed E-state index contributed by atoms with van der Waals surface area (Å²) in [5.41, 5.74) is -2.54. The topological polar surface area (TPSA) is 202 Å². The summed E-state index contributed by atoms with van der Waals surface area (Å²) in [7, 11) is 0. The first-order chi connectivity index (χ1) is 18.9. The lowest BCUT2D eigenvalue weighted by Crippen LogP contribution is -2.13. The van der Waals surface area contributed by atoms with Crippen molar-refractivity contribution in [2.24, 2.45) is 0 Å². The van der Waals surface area contributed by atoms with Crippen molar-refractivity contribution in [2.75, 3.05) is 0 Å². The number of hydrogen-bond acceptors (Lipinski definition) is 8. The Balaban J connectivity index is 1.56. The van der Waals surface area contributed by atoms with Gasteiger partial charge in [0.1, 0.15) is 11.5 Å². The summed E-state index contributed by atoms with van der Waals surface area (Å²) in [6.07, 6.45) is 0. The van der Waals surface area contributed by atoms with Crippen molar-refractivity contribution in [1.82, 2.24) is 0 Å². The minimum atomic E-state index is -1.53. The molecule has 0 radical (unpaired) electrons. The Bertz CT molecular complexity index is 1630. The first kappa shape index (κ1) is 27.0. The van der Waals surface area contributed by atoms with Gasteiger partial charge in [-0.05, 0) is 71.4 Å². The average molecular weight is 544 g/mol. The van der Waals surface area contributed by atoms with Crippen LogP contribution in [0.3, 0.4) is 0 Å². The number of esters is 2. The number of rotatable bonds is 8. The van der Waals surface area contributed by atoms with E-state index in [4.69, 9.17) is 19.7 Å². The molecule has 40 heavy (non-hydrogen) atoms. The predicted molar refractivity (Wildman–Crippen MR) is 135 cm³/mol. The van der Waals surface area contributed by atoms with Crippen LogP contribution in [0, 0.1) is 0 Å². The number of ether oxygens (including phenoxy) is 2. The van der Waals surface area contributed by atoms with Crippen LogP contribution in [0.15, 0.2) is 72.8 Å². The first-order valence-corrected chi connectivity index (χ1v) is 11.1. The van der Waals surface area contributed by atoms with Crippen molar-refractivity contribution in [3.8, 4) is 11.5 Å². The maximum absolute atomic E-state index is 12.6. The molecule has 0 atom stereocenters. The molecule has 4 aromatic rings. The quantitative estimate of drug-likeness (QED) is 0.183. The van der Waals surface area contributed by atoms with E-state index in [1.54, 1.807) is 12.1 Å². The van der Waals surface area contributed by atoms with E-state index in [0.29, 0.717) is 10.8 Å². The molecule has 0 bridgehead atoms. The molecule has 0 aliphatic heterocycles. The third kappa shape index (κ3) is 5.60. The average Bonchev–Trinajstić information content (AvgIpc) is 2.91. The Morgan fingerprint density at radius 2 is 0.800 bits per heavy atom. The van der Waals surface area contributed by atoms with Crippen LogP contribution in [0.2, 0.25) is 0 Å². The van der Waals surface area contributed by atoms with Gasteiger partial charge in [0, 0.05) is 0 Å². The van der Waals surface area contributed by atoms with E-state index >= 15 is 0 Å². The molecule has 200 valence electrons. The van der Waals surface area contributed by atoms with Gasteiger partial charge in [-0.1, -0.05) is 12.1 Å². The molecule has 0 heterocycles. The molecule has 0 spiro atoms. The van der Waals surface area contributed by atoms with E-state index in [1.807, 2.05) is 0 Å². The largest absolute Gasteiger partial charge is 0.478 e. The molecule has 0 saturated heterocycles. The summed E-state index contributed by atoms with van der Waals surface area (Å²) >= 11 is 0. The number of aromatic carboxylic acids is 4. The van der Waals surface area contributed by atoms with Gasteiger partial charge >= 0.3 is 35.8 Å². The molecule has 0 aliphatic rings. The summed E-state index contributed by atoms with van der Waals surface area (Å²) < 4.78 is 10.6. The maximum Gasteiger partial charge on any atom is 0.343 e. The van der Waals surface area contributed by atoms with Gasteiger partial charge in [-0.25, -0.2) is 28.8 Å². The van der Waals surface area contributed by atoms with Crippen molar-refractivity contribution in [1.29, 1.82) is 0 Å². The fourth-order valence-electron chi connectivity index (χ4n) is 3.73. The lowest BCUT2D eigenvalue weighted by atomic mass is 10.0. The molecule has 0 amide bonds. The second kappa shape index (κ2) is 10.8. The first-order valence-electron chi connectivity index (χ1n) is 11.1. The van der Waals surface area contributed by atoms with Crippen LogP contribution in [-0.4, -0.2) is 56.2 Å². The lowest BCUT2D eigenvalue weighted by Gasteiger charge is -2.09. The summed E-state index contributed by atoms with van der Waals surface area (Å²) in [5, 5.41) is 37.9. The van der Waals surface area contributed by atoms with Crippen LogP contribution in [-0.2, 0) is 0 Å². The monoisotopic (exact) mass is 544 g/mol. The van der Waals surface area contributed by atoms with Crippen LogP contribution in [0.25, 0.3) is 10.8 Å². The summed E-state index contributed by atoms with van der Waals surface area (Å²) in [6, 6.07) is 15.0. The Kier molecular flexibility index (Phi) is 7.26. The van der Waals surface area contributed by atoms with Crippen LogP contribution in [0.1, 0.15) is 62.1 Å². The highest BCUT2D eigenvalue weighted by Gasteiger charge is 2.21. The molecular weight excluding hydrogens is 528 g/mol. The summed E-state index contributed by atoms with van der Waals surface area (Å²) in [5.74, 6) is -7.79. The van der Waals surface area contributed by atoms with Crippen molar-refractivity contribution in [3.63, 3.8) is 0 Å². The van der Waals surface area contributed by atoms with Crippen LogP contribution in [0.5, 0.6) is 11.5 Å². The SMILES string of the molecule is O=C(Oc1ccc2ccc(OC(=O)c3ccc(C(=O)O)c(C(=O)O)c3)cc2c1)c1ccc(C(=O)O)c(C(=O)O)c1. The third-order valence-corrected chi connectivity index (χ3v) is 5.64. The van der Waals surface area contributed by atoms with Crippen molar-refractivity contribution >= 4 is 46.6 Å². The molecule has 0 unspecified atom stereocenters. The highest BCUT2D eigenvalue weighted by molar-refractivity contribution is 6.05. The van der Waals surface area contributed by atoms with Crippen molar-refractivity contribution < 1.29 is 58.7 Å². The van der Waals surface area contributed by atoms with Gasteiger partial charge in [0.15, 0.2) is 0 Å². The summed E-state index contributed by atoms with van der Waals surface area (Å²) in [4.78, 5) is 70.4. The van der Waals surface area contributed by atoms with E-state index < -0.39 is 58.1 Å². The Hall–Kier alpha value is -6.04. The van der Waals surface area contributed by atoms with Gasteiger partial charge in [0.2, 0.25) is 0 Å². The van der Waals surface area contributed by atoms with Crippen LogP contribution >= 0.6 is 0 Å². The second-order valence-corrected chi connectivity index (χ2v) is 8.19. The zero-order valence-electron chi connectivity index (χ0n) is 20.0. The fourth-order valence-corrected chi connectivity index (χ4v) is 3.73. The smallest absolute Gasteiger partial charge is 0.343 e. The zero-order chi connectivity index (χ0) is 29.1. The van der Waals surface area contributed by atoms with E-state index in [9.17, 15) is 39.0 Å². The van der Waals surface area contributed by atoms with E-state index in [1.165, 1.54) is 24.3 Å². The minimum Gasteiger partial charge on any atom is -0.478 e. The Morgan fingerprint density at radius 1 is 0.425 bits per heavy atom. The number of fused-ring (bicyclic) bond motifs is 1. The molecule has 12 heteroatoms. The molecule has 0 fully saturated rings. The lowest BCUT2D eigenvalue weighted by molar-refractivity contribution is 0.0650. The highest BCUT2D eigenvalue weighted by atomic mass is 16.5. The Labute approximate surface area is 223 Å².